The van der Waals surface area contributed by atoms with Crippen molar-refractivity contribution in [2.45, 2.75) is 51.6 Å². The summed E-state index contributed by atoms with van der Waals surface area (Å²) in [4.78, 5) is 4.71. The van der Waals surface area contributed by atoms with E-state index in [1.165, 1.54) is 12.2 Å². The molecule has 0 aromatic carbocycles. The molecule has 1 saturated heterocycles. The van der Waals surface area contributed by atoms with Crippen molar-refractivity contribution in [2.24, 2.45) is 4.99 Å². The molecule has 0 aromatic heterocycles. The number of thioether (sulfide) groups is 1. The molecule has 0 aliphatic carbocycles. The zero-order valence-corrected chi connectivity index (χ0v) is 11.7. The summed E-state index contributed by atoms with van der Waals surface area (Å²) in [5.41, 5.74) is 0.241. The zero-order valence-electron chi connectivity index (χ0n) is 10.9. The maximum absolute atomic E-state index is 5.07. The van der Waals surface area contributed by atoms with Gasteiger partial charge in [0.25, 0.3) is 0 Å². The largest absolute Gasteiger partial charge is 0.385 e. The van der Waals surface area contributed by atoms with E-state index >= 15 is 0 Å². The van der Waals surface area contributed by atoms with Crippen molar-refractivity contribution in [3.05, 3.63) is 0 Å². The first-order valence-electron chi connectivity index (χ1n) is 6.07. The Bertz CT molecular complexity index is 245. The molecule has 3 nitrogen and oxygen atoms in total. The number of nitrogens with zero attached hydrogens (tertiary/aromatic N) is 1. The number of hydrogen-bond acceptors (Lipinski definition) is 3. The van der Waals surface area contributed by atoms with Gasteiger partial charge in [-0.2, -0.15) is 0 Å². The Balaban J connectivity index is 2.49. The molecule has 1 fully saturated rings. The summed E-state index contributed by atoms with van der Waals surface area (Å²) in [6.07, 6.45) is 3.36. The van der Waals surface area contributed by atoms with Gasteiger partial charge < -0.3 is 10.1 Å². The fourth-order valence-electron chi connectivity index (χ4n) is 1.62. The van der Waals surface area contributed by atoms with E-state index in [1.54, 1.807) is 7.11 Å². The molecular formula is C12H24N2OS. The first-order chi connectivity index (χ1) is 7.59. The lowest BCUT2D eigenvalue weighted by Crippen LogP contribution is -2.48. The highest BCUT2D eigenvalue weighted by Crippen LogP contribution is 2.25. The van der Waals surface area contributed by atoms with Gasteiger partial charge in [-0.3, -0.25) is 4.99 Å². The highest BCUT2D eigenvalue weighted by molar-refractivity contribution is 8.13. The monoisotopic (exact) mass is 244 g/mol. The molecule has 0 aromatic rings. The molecule has 4 heteroatoms. The number of methoxy groups -OCH3 is 1. The number of amidine groups is 1. The van der Waals surface area contributed by atoms with Crippen LogP contribution in [0.25, 0.3) is 0 Å². The second-order valence-corrected chi connectivity index (χ2v) is 5.79. The number of aliphatic imine (C=N–C) groups is 1. The van der Waals surface area contributed by atoms with E-state index < -0.39 is 0 Å². The Hall–Kier alpha value is -0.220. The summed E-state index contributed by atoms with van der Waals surface area (Å²) in [6, 6.07) is 0.342. The maximum atomic E-state index is 5.07. The van der Waals surface area contributed by atoms with Gasteiger partial charge in [-0.25, -0.2) is 0 Å². The second kappa shape index (κ2) is 6.50. The first kappa shape index (κ1) is 13.8. The third-order valence-corrected chi connectivity index (χ3v) is 4.05. The summed E-state index contributed by atoms with van der Waals surface area (Å²) >= 11 is 1.84. The third kappa shape index (κ3) is 4.34. The van der Waals surface area contributed by atoms with E-state index in [2.05, 4.69) is 26.1 Å². The molecule has 1 rings (SSSR count). The van der Waals surface area contributed by atoms with Crippen molar-refractivity contribution in [1.82, 2.24) is 5.32 Å². The molecule has 2 atom stereocenters. The normalized spacial score (nSPS) is 30.1. The zero-order chi connectivity index (χ0) is 12.0. The van der Waals surface area contributed by atoms with Gasteiger partial charge in [-0.05, 0) is 33.1 Å². The topological polar surface area (TPSA) is 33.6 Å². The molecule has 0 bridgehead atoms. The van der Waals surface area contributed by atoms with Crippen LogP contribution in [0, 0.1) is 0 Å². The quantitative estimate of drug-likeness (QED) is 0.807. The van der Waals surface area contributed by atoms with E-state index in [1.807, 2.05) is 11.8 Å². The van der Waals surface area contributed by atoms with Crippen LogP contribution in [0.5, 0.6) is 0 Å². The maximum Gasteiger partial charge on any atom is 0.157 e. The minimum absolute atomic E-state index is 0.241. The smallest absolute Gasteiger partial charge is 0.157 e. The number of hydrogen-bond donors (Lipinski definition) is 1. The summed E-state index contributed by atoms with van der Waals surface area (Å²) in [5, 5.41) is 4.67. The Labute approximate surface area is 103 Å². The average molecular weight is 244 g/mol. The van der Waals surface area contributed by atoms with Gasteiger partial charge in [0, 0.05) is 25.0 Å². The number of nitrogens with one attached hydrogen (secondary N) is 1. The van der Waals surface area contributed by atoms with Gasteiger partial charge in [0.05, 0.1) is 6.04 Å². The van der Waals surface area contributed by atoms with Gasteiger partial charge in [-0.1, -0.05) is 18.7 Å². The standard InChI is InChI=1S/C12H24N2OS/c1-5-12(3)7-9-16-11(14-12)13-10(2)6-8-15-4/h10H,5-9H2,1-4H3,(H,13,14). The molecule has 1 aliphatic heterocycles. The summed E-state index contributed by atoms with van der Waals surface area (Å²) in [7, 11) is 1.74. The van der Waals surface area contributed by atoms with Crippen molar-refractivity contribution in [1.29, 1.82) is 0 Å². The highest BCUT2D eigenvalue weighted by atomic mass is 32.2. The van der Waals surface area contributed by atoms with Crippen LogP contribution >= 0.6 is 11.8 Å². The molecule has 1 heterocycles. The van der Waals surface area contributed by atoms with Crippen LogP contribution in [0.3, 0.4) is 0 Å². The molecule has 1 aliphatic rings. The third-order valence-electron chi connectivity index (χ3n) is 3.16. The molecule has 1 N–H and O–H groups in total. The molecule has 0 amide bonds. The Morgan fingerprint density at radius 3 is 3.00 bits per heavy atom. The number of rotatable bonds is 5. The Kier molecular flexibility index (Phi) is 5.62. The Morgan fingerprint density at radius 2 is 2.38 bits per heavy atom. The van der Waals surface area contributed by atoms with E-state index in [-0.39, 0.29) is 5.54 Å². The Morgan fingerprint density at radius 1 is 1.62 bits per heavy atom. The average Bonchev–Trinajstić information content (AvgIpc) is 2.26. The number of ether oxygens (including phenoxy) is 1. The second-order valence-electron chi connectivity index (χ2n) is 4.70. The van der Waals surface area contributed by atoms with E-state index in [0.717, 1.165) is 24.6 Å². The van der Waals surface area contributed by atoms with Crippen LogP contribution in [-0.2, 0) is 4.74 Å². The predicted molar refractivity (Wildman–Crippen MR) is 72.3 cm³/mol. The van der Waals surface area contributed by atoms with Gasteiger partial charge >= 0.3 is 0 Å². The van der Waals surface area contributed by atoms with Crippen LogP contribution in [0.4, 0.5) is 0 Å². The van der Waals surface area contributed by atoms with Crippen LogP contribution in [0.1, 0.15) is 40.0 Å². The van der Waals surface area contributed by atoms with Crippen LogP contribution in [0.15, 0.2) is 4.99 Å². The molecule has 0 spiro atoms. The summed E-state index contributed by atoms with van der Waals surface area (Å²) in [5.74, 6) is 1.17. The van der Waals surface area contributed by atoms with E-state index in [9.17, 15) is 0 Å². The molecular weight excluding hydrogens is 220 g/mol. The van der Waals surface area contributed by atoms with Crippen molar-refractivity contribution < 1.29 is 4.74 Å². The predicted octanol–water partition coefficient (Wildman–Crippen LogP) is 2.66. The van der Waals surface area contributed by atoms with Crippen molar-refractivity contribution in [3.63, 3.8) is 0 Å². The van der Waals surface area contributed by atoms with Crippen LogP contribution < -0.4 is 5.32 Å². The lowest BCUT2D eigenvalue weighted by molar-refractivity contribution is 0.190. The van der Waals surface area contributed by atoms with Crippen LogP contribution in [0.2, 0.25) is 0 Å². The van der Waals surface area contributed by atoms with Gasteiger partial charge in [-0.15, -0.1) is 0 Å². The molecule has 0 saturated carbocycles. The van der Waals surface area contributed by atoms with Crippen molar-refractivity contribution in [3.8, 4) is 0 Å². The summed E-state index contributed by atoms with van der Waals surface area (Å²) in [6.45, 7) is 7.44. The molecule has 16 heavy (non-hydrogen) atoms. The molecule has 0 radical (unpaired) electrons. The highest BCUT2D eigenvalue weighted by Gasteiger charge is 2.27. The first-order valence-corrected chi connectivity index (χ1v) is 7.06. The molecule has 2 unspecified atom stereocenters. The van der Waals surface area contributed by atoms with Crippen LogP contribution in [-0.4, -0.2) is 36.2 Å². The fraction of sp³-hybridized carbons (Fsp3) is 0.917. The van der Waals surface area contributed by atoms with E-state index in [4.69, 9.17) is 9.73 Å². The summed E-state index contributed by atoms with van der Waals surface area (Å²) < 4.78 is 5.07. The minimum atomic E-state index is 0.241. The van der Waals surface area contributed by atoms with E-state index in [0.29, 0.717) is 6.04 Å². The molecule has 94 valence electrons. The minimum Gasteiger partial charge on any atom is -0.385 e. The van der Waals surface area contributed by atoms with Crippen molar-refractivity contribution in [2.75, 3.05) is 19.5 Å². The lowest BCUT2D eigenvalue weighted by Gasteiger charge is -2.35. The van der Waals surface area contributed by atoms with Gasteiger partial charge in [0.15, 0.2) is 5.17 Å². The van der Waals surface area contributed by atoms with Gasteiger partial charge in [0.2, 0.25) is 0 Å². The fourth-order valence-corrected chi connectivity index (χ4v) is 2.94. The van der Waals surface area contributed by atoms with Gasteiger partial charge in [0.1, 0.15) is 0 Å². The SMILES string of the molecule is CCC1(C)CCSC(=NC(C)CCOC)N1. The van der Waals surface area contributed by atoms with Crippen molar-refractivity contribution >= 4 is 16.9 Å². The lowest BCUT2D eigenvalue weighted by atomic mass is 9.96.